The molecule has 0 N–H and O–H groups in total. The highest BCUT2D eigenvalue weighted by Gasteiger charge is 2.21. The van der Waals surface area contributed by atoms with Gasteiger partial charge in [-0.2, -0.15) is 9.97 Å². The Bertz CT molecular complexity index is 3180. The van der Waals surface area contributed by atoms with Crippen LogP contribution >= 0.6 is 0 Å². The van der Waals surface area contributed by atoms with Gasteiger partial charge in [-0.1, -0.05) is 140 Å². The average Bonchev–Trinajstić information content (AvgIpc) is 3.71. The van der Waals surface area contributed by atoms with Crippen LogP contribution in [0.1, 0.15) is 0 Å². The summed E-state index contributed by atoms with van der Waals surface area (Å²) in [5.74, 6) is 1.84. The molecule has 0 spiro atoms. The van der Waals surface area contributed by atoms with Gasteiger partial charge in [-0.3, -0.25) is 4.57 Å². The van der Waals surface area contributed by atoms with Crippen LogP contribution in [0.25, 0.3) is 99.6 Å². The minimum atomic E-state index is 0.579. The maximum Gasteiger partial charge on any atom is 0.238 e. The molecule has 3 heterocycles. The molecule has 0 atom stereocenters. The van der Waals surface area contributed by atoms with E-state index in [1.165, 1.54) is 32.4 Å². The zero-order chi connectivity index (χ0) is 34.2. The van der Waals surface area contributed by atoms with Crippen molar-refractivity contribution in [1.29, 1.82) is 0 Å². The SMILES string of the molecule is c1ccc(-c2nc(-c3ccc4ccccc4c3)nc(-n3c4ccccc4c4cc5c6ccccc6n(-c6cccc7ccccc67)c5cc43)n2)cc1. The first kappa shape index (κ1) is 28.7. The molecule has 11 rings (SSSR count). The van der Waals surface area contributed by atoms with Gasteiger partial charge < -0.3 is 4.57 Å². The largest absolute Gasteiger partial charge is 0.309 e. The molecule has 0 saturated heterocycles. The molecule has 0 radical (unpaired) electrons. The summed E-state index contributed by atoms with van der Waals surface area (Å²) in [4.78, 5) is 15.5. The number of benzene rings is 8. The normalized spacial score (nSPS) is 11.8. The summed E-state index contributed by atoms with van der Waals surface area (Å²) in [6.45, 7) is 0. The van der Waals surface area contributed by atoms with E-state index >= 15 is 0 Å². The van der Waals surface area contributed by atoms with E-state index in [1.807, 2.05) is 18.2 Å². The summed E-state index contributed by atoms with van der Waals surface area (Å²) in [6.07, 6.45) is 0. The van der Waals surface area contributed by atoms with Gasteiger partial charge in [0.25, 0.3) is 0 Å². The van der Waals surface area contributed by atoms with Crippen molar-refractivity contribution in [3.05, 3.63) is 176 Å². The lowest BCUT2D eigenvalue weighted by molar-refractivity contribution is 0.954. The van der Waals surface area contributed by atoms with Crippen molar-refractivity contribution in [3.8, 4) is 34.4 Å². The molecule has 0 aliphatic heterocycles. The maximum atomic E-state index is 5.26. The Morgan fingerprint density at radius 1 is 0.308 bits per heavy atom. The summed E-state index contributed by atoms with van der Waals surface area (Å²) in [7, 11) is 0. The lowest BCUT2D eigenvalue weighted by atomic mass is 10.1. The second-order valence-electron chi connectivity index (χ2n) is 13.3. The Balaban J connectivity index is 1.25. The third-order valence-electron chi connectivity index (χ3n) is 10.3. The van der Waals surface area contributed by atoms with Crippen LogP contribution in [0.5, 0.6) is 0 Å². The number of hydrogen-bond donors (Lipinski definition) is 0. The van der Waals surface area contributed by atoms with Crippen molar-refractivity contribution in [1.82, 2.24) is 24.1 Å². The summed E-state index contributed by atoms with van der Waals surface area (Å²) < 4.78 is 4.63. The summed E-state index contributed by atoms with van der Waals surface area (Å²) in [6, 6.07) is 62.1. The molecule has 0 aliphatic carbocycles. The predicted molar refractivity (Wildman–Crippen MR) is 214 cm³/mol. The maximum absolute atomic E-state index is 5.26. The number of nitrogens with zero attached hydrogens (tertiary/aromatic N) is 5. The van der Waals surface area contributed by atoms with Gasteiger partial charge in [-0.05, 0) is 52.6 Å². The lowest BCUT2D eigenvalue weighted by Crippen LogP contribution is -2.06. The Labute approximate surface area is 298 Å². The van der Waals surface area contributed by atoms with E-state index in [2.05, 4.69) is 167 Å². The van der Waals surface area contributed by atoms with E-state index < -0.39 is 0 Å². The van der Waals surface area contributed by atoms with Crippen molar-refractivity contribution in [2.45, 2.75) is 0 Å². The minimum Gasteiger partial charge on any atom is -0.309 e. The van der Waals surface area contributed by atoms with Crippen LogP contribution in [-0.2, 0) is 0 Å². The predicted octanol–water partition coefficient (Wildman–Crippen LogP) is 11.7. The van der Waals surface area contributed by atoms with E-state index in [9.17, 15) is 0 Å². The van der Waals surface area contributed by atoms with Gasteiger partial charge in [0, 0.05) is 38.1 Å². The summed E-state index contributed by atoms with van der Waals surface area (Å²) in [5, 5.41) is 9.46. The van der Waals surface area contributed by atoms with E-state index in [0.717, 1.165) is 49.5 Å². The molecule has 0 bridgehead atoms. The van der Waals surface area contributed by atoms with Crippen molar-refractivity contribution in [3.63, 3.8) is 0 Å². The first-order valence-electron chi connectivity index (χ1n) is 17.5. The number of fused-ring (bicyclic) bond motifs is 8. The molecule has 0 amide bonds. The minimum absolute atomic E-state index is 0.579. The molecule has 0 aliphatic rings. The van der Waals surface area contributed by atoms with Gasteiger partial charge in [0.2, 0.25) is 5.95 Å². The third-order valence-corrected chi connectivity index (χ3v) is 10.3. The van der Waals surface area contributed by atoms with Crippen molar-refractivity contribution in [2.24, 2.45) is 0 Å². The van der Waals surface area contributed by atoms with Gasteiger partial charge in [0.1, 0.15) is 0 Å². The molecular formula is C47H29N5. The van der Waals surface area contributed by atoms with Crippen LogP contribution in [0.2, 0.25) is 0 Å². The van der Waals surface area contributed by atoms with Gasteiger partial charge in [0.05, 0.1) is 27.8 Å². The monoisotopic (exact) mass is 663 g/mol. The molecule has 11 aromatic rings. The number of aromatic nitrogens is 5. The van der Waals surface area contributed by atoms with Gasteiger partial charge in [-0.15, -0.1) is 0 Å². The first-order valence-corrected chi connectivity index (χ1v) is 17.5. The van der Waals surface area contributed by atoms with Crippen molar-refractivity contribution >= 4 is 65.2 Å². The molecule has 0 unspecified atom stereocenters. The lowest BCUT2D eigenvalue weighted by Gasteiger charge is -2.13. The van der Waals surface area contributed by atoms with Crippen LogP contribution < -0.4 is 0 Å². The number of hydrogen-bond acceptors (Lipinski definition) is 3. The van der Waals surface area contributed by atoms with Crippen molar-refractivity contribution in [2.75, 3.05) is 0 Å². The van der Waals surface area contributed by atoms with E-state index in [4.69, 9.17) is 15.0 Å². The van der Waals surface area contributed by atoms with E-state index in [-0.39, 0.29) is 0 Å². The molecule has 0 saturated carbocycles. The zero-order valence-corrected chi connectivity index (χ0v) is 28.0. The topological polar surface area (TPSA) is 48.5 Å². The highest BCUT2D eigenvalue weighted by atomic mass is 15.2. The van der Waals surface area contributed by atoms with Crippen molar-refractivity contribution < 1.29 is 0 Å². The van der Waals surface area contributed by atoms with Crippen LogP contribution in [0.4, 0.5) is 0 Å². The third kappa shape index (κ3) is 4.33. The van der Waals surface area contributed by atoms with E-state index in [1.54, 1.807) is 0 Å². The Morgan fingerprint density at radius 2 is 0.885 bits per heavy atom. The standard InChI is InChI=1S/C47H29N5/c1-2-15-32(16-3-1)45-48-46(34-26-25-30-13-4-5-17-33(30)27-34)50-47(49-45)52-42-23-11-9-21-37(42)39-28-38-36-20-8-10-22-41(36)51(43(38)29-44(39)52)40-24-12-18-31-14-6-7-19-35(31)40/h1-29H. The van der Waals surface area contributed by atoms with Gasteiger partial charge >= 0.3 is 0 Å². The molecule has 3 aromatic heterocycles. The second-order valence-corrected chi connectivity index (χ2v) is 13.3. The Kier molecular flexibility index (Phi) is 6.18. The smallest absolute Gasteiger partial charge is 0.238 e. The first-order chi connectivity index (χ1) is 25.8. The zero-order valence-electron chi connectivity index (χ0n) is 28.0. The van der Waals surface area contributed by atoms with Crippen LogP contribution in [-0.4, -0.2) is 24.1 Å². The molecular weight excluding hydrogens is 635 g/mol. The highest BCUT2D eigenvalue weighted by Crippen LogP contribution is 2.40. The fourth-order valence-corrected chi connectivity index (χ4v) is 7.95. The fourth-order valence-electron chi connectivity index (χ4n) is 7.95. The molecule has 52 heavy (non-hydrogen) atoms. The summed E-state index contributed by atoms with van der Waals surface area (Å²) >= 11 is 0. The Hall–Kier alpha value is -7.11. The van der Waals surface area contributed by atoms with Gasteiger partial charge in [0.15, 0.2) is 11.6 Å². The molecule has 0 fully saturated rings. The second kappa shape index (κ2) is 11.2. The van der Waals surface area contributed by atoms with Crippen LogP contribution in [0.15, 0.2) is 176 Å². The molecule has 242 valence electrons. The molecule has 5 nitrogen and oxygen atoms in total. The van der Waals surface area contributed by atoms with Crippen LogP contribution in [0, 0.1) is 0 Å². The molecule has 5 heteroatoms. The molecule has 8 aromatic carbocycles. The summed E-state index contributed by atoms with van der Waals surface area (Å²) in [5.41, 5.74) is 7.40. The average molecular weight is 664 g/mol. The number of para-hydroxylation sites is 2. The fraction of sp³-hybridized carbons (Fsp3) is 0. The van der Waals surface area contributed by atoms with Gasteiger partial charge in [-0.25, -0.2) is 4.98 Å². The van der Waals surface area contributed by atoms with Crippen LogP contribution in [0.3, 0.4) is 0 Å². The quantitative estimate of drug-likeness (QED) is 0.188. The van der Waals surface area contributed by atoms with E-state index in [0.29, 0.717) is 17.6 Å². The number of rotatable bonds is 4. The Morgan fingerprint density at radius 3 is 1.65 bits per heavy atom. The highest BCUT2D eigenvalue weighted by molar-refractivity contribution is 6.19.